The molecule has 1 aromatic rings. The molecule has 2 saturated carbocycles. The molecule has 0 aliphatic heterocycles. The molecule has 1 aromatic heterocycles. The van der Waals surface area contributed by atoms with E-state index in [-0.39, 0.29) is 0 Å². The number of nitrogens with one attached hydrogen (secondary N) is 1. The van der Waals surface area contributed by atoms with Crippen molar-refractivity contribution in [2.75, 3.05) is 5.32 Å². The maximum Gasteiger partial charge on any atom is 0.339 e. The Kier molecular flexibility index (Phi) is 3.83. The van der Waals surface area contributed by atoms with Crippen molar-refractivity contribution in [1.82, 2.24) is 10.2 Å². The number of aryl methyl sites for hydroxylation is 1. The third-order valence-corrected chi connectivity index (χ3v) is 5.12. The maximum atomic E-state index is 11.7. The van der Waals surface area contributed by atoms with Crippen molar-refractivity contribution in [3.8, 4) is 0 Å². The highest BCUT2D eigenvalue weighted by Crippen LogP contribution is 2.45. The molecule has 2 bridgehead atoms. The average molecular weight is 289 g/mol. The molecule has 2 aliphatic carbocycles. The van der Waals surface area contributed by atoms with Crippen molar-refractivity contribution in [1.29, 1.82) is 0 Å². The number of anilines is 1. The van der Waals surface area contributed by atoms with Crippen LogP contribution in [0.3, 0.4) is 0 Å². The first kappa shape index (κ1) is 14.3. The van der Waals surface area contributed by atoms with E-state index in [1.54, 1.807) is 0 Å². The van der Waals surface area contributed by atoms with Crippen LogP contribution >= 0.6 is 0 Å². The number of carboxylic acid groups (broad SMARTS) is 1. The van der Waals surface area contributed by atoms with E-state index in [1.165, 1.54) is 19.3 Å². The predicted molar refractivity (Wildman–Crippen MR) is 80.6 cm³/mol. The lowest BCUT2D eigenvalue weighted by Crippen LogP contribution is -2.28. The Morgan fingerprint density at radius 3 is 2.57 bits per heavy atom. The van der Waals surface area contributed by atoms with Crippen LogP contribution in [0.15, 0.2) is 0 Å². The van der Waals surface area contributed by atoms with Crippen LogP contribution in [-0.2, 0) is 12.8 Å². The highest BCUT2D eigenvalue weighted by molar-refractivity contribution is 5.95. The first-order valence-corrected chi connectivity index (χ1v) is 8.02. The molecule has 2 N–H and O–H groups in total. The van der Waals surface area contributed by atoms with E-state index >= 15 is 0 Å². The maximum absolute atomic E-state index is 11.7. The van der Waals surface area contributed by atoms with E-state index in [0.29, 0.717) is 36.2 Å². The molecule has 0 aromatic carbocycles. The molecule has 0 radical (unpaired) electrons. The van der Waals surface area contributed by atoms with Gasteiger partial charge in [-0.05, 0) is 49.5 Å². The van der Waals surface area contributed by atoms with Gasteiger partial charge in [0.25, 0.3) is 0 Å². The van der Waals surface area contributed by atoms with Crippen LogP contribution in [-0.4, -0.2) is 27.3 Å². The van der Waals surface area contributed by atoms with E-state index in [4.69, 9.17) is 0 Å². The topological polar surface area (TPSA) is 75.1 Å². The molecule has 2 aliphatic rings. The predicted octanol–water partition coefficient (Wildman–Crippen LogP) is 2.90. The van der Waals surface area contributed by atoms with Crippen molar-refractivity contribution in [3.63, 3.8) is 0 Å². The summed E-state index contributed by atoms with van der Waals surface area (Å²) in [5.74, 6) is 1.06. The SMILES string of the molecule is CCc1nnc(NC2CC3CCC2C3)c(C(=O)O)c1CC. The molecule has 3 rings (SSSR count). The van der Waals surface area contributed by atoms with Crippen molar-refractivity contribution in [2.24, 2.45) is 11.8 Å². The number of aromatic carboxylic acids is 1. The Balaban J connectivity index is 1.92. The number of carbonyl (C=O) groups is 1. The zero-order chi connectivity index (χ0) is 15.0. The second-order valence-electron chi connectivity index (χ2n) is 6.29. The minimum Gasteiger partial charge on any atom is -0.478 e. The average Bonchev–Trinajstić information content (AvgIpc) is 3.08. The van der Waals surface area contributed by atoms with Crippen LogP contribution in [0.4, 0.5) is 5.82 Å². The fraction of sp³-hybridized carbons (Fsp3) is 0.688. The fourth-order valence-electron chi connectivity index (χ4n) is 4.10. The van der Waals surface area contributed by atoms with Gasteiger partial charge in [-0.25, -0.2) is 4.79 Å². The molecule has 1 heterocycles. The summed E-state index contributed by atoms with van der Waals surface area (Å²) in [4.78, 5) is 11.7. The Hall–Kier alpha value is -1.65. The minimum absolute atomic E-state index is 0.326. The van der Waals surface area contributed by atoms with Gasteiger partial charge in [-0.1, -0.05) is 20.3 Å². The standard InChI is InChI=1S/C16H23N3O2/c1-3-11-12(4-2)18-19-15(14(11)16(20)21)17-13-8-9-5-6-10(13)7-9/h9-10,13H,3-8H2,1-2H3,(H,17,19)(H,20,21). The van der Waals surface area contributed by atoms with E-state index in [9.17, 15) is 9.90 Å². The number of hydrogen-bond donors (Lipinski definition) is 2. The first-order chi connectivity index (χ1) is 10.1. The molecule has 114 valence electrons. The Labute approximate surface area is 125 Å². The number of aromatic nitrogens is 2. The van der Waals surface area contributed by atoms with Gasteiger partial charge in [0, 0.05) is 6.04 Å². The summed E-state index contributed by atoms with van der Waals surface area (Å²) < 4.78 is 0. The molecular weight excluding hydrogens is 266 g/mol. The van der Waals surface area contributed by atoms with Crippen LogP contribution in [0.25, 0.3) is 0 Å². The van der Waals surface area contributed by atoms with Gasteiger partial charge in [-0.3, -0.25) is 0 Å². The lowest BCUT2D eigenvalue weighted by molar-refractivity contribution is 0.0696. The monoisotopic (exact) mass is 289 g/mol. The van der Waals surface area contributed by atoms with E-state index in [1.807, 2.05) is 13.8 Å². The van der Waals surface area contributed by atoms with Gasteiger partial charge in [0.05, 0.1) is 5.69 Å². The van der Waals surface area contributed by atoms with E-state index in [2.05, 4.69) is 15.5 Å². The van der Waals surface area contributed by atoms with Gasteiger partial charge in [-0.2, -0.15) is 5.10 Å². The molecule has 0 spiro atoms. The largest absolute Gasteiger partial charge is 0.478 e. The highest BCUT2D eigenvalue weighted by Gasteiger charge is 2.40. The van der Waals surface area contributed by atoms with E-state index < -0.39 is 5.97 Å². The smallest absolute Gasteiger partial charge is 0.339 e. The van der Waals surface area contributed by atoms with Crippen molar-refractivity contribution in [2.45, 2.75) is 58.4 Å². The Bertz CT molecular complexity index is 559. The number of rotatable bonds is 5. The number of nitrogens with zero attached hydrogens (tertiary/aromatic N) is 2. The number of carboxylic acids is 1. The summed E-state index contributed by atoms with van der Waals surface area (Å²) in [7, 11) is 0. The molecule has 5 heteroatoms. The molecule has 3 unspecified atom stereocenters. The Morgan fingerprint density at radius 1 is 1.24 bits per heavy atom. The van der Waals surface area contributed by atoms with Gasteiger partial charge in [0.15, 0.2) is 5.82 Å². The van der Waals surface area contributed by atoms with Gasteiger partial charge in [0.1, 0.15) is 5.56 Å². The van der Waals surface area contributed by atoms with Gasteiger partial charge in [0.2, 0.25) is 0 Å². The fourth-order valence-corrected chi connectivity index (χ4v) is 4.10. The lowest BCUT2D eigenvalue weighted by Gasteiger charge is -2.24. The number of fused-ring (bicyclic) bond motifs is 2. The second kappa shape index (κ2) is 5.62. The molecule has 21 heavy (non-hydrogen) atoms. The first-order valence-electron chi connectivity index (χ1n) is 8.02. The molecule has 2 fully saturated rings. The lowest BCUT2D eigenvalue weighted by atomic mass is 9.95. The third kappa shape index (κ3) is 2.49. The molecule has 3 atom stereocenters. The highest BCUT2D eigenvalue weighted by atomic mass is 16.4. The summed E-state index contributed by atoms with van der Waals surface area (Å²) in [6.07, 6.45) is 6.39. The zero-order valence-corrected chi connectivity index (χ0v) is 12.7. The number of hydrogen-bond acceptors (Lipinski definition) is 4. The van der Waals surface area contributed by atoms with Crippen LogP contribution in [0.5, 0.6) is 0 Å². The van der Waals surface area contributed by atoms with E-state index in [0.717, 1.165) is 23.6 Å². The van der Waals surface area contributed by atoms with Crippen LogP contribution in [0, 0.1) is 11.8 Å². The van der Waals surface area contributed by atoms with Gasteiger partial charge >= 0.3 is 5.97 Å². The summed E-state index contributed by atoms with van der Waals surface area (Å²) in [5.41, 5.74) is 1.95. The summed E-state index contributed by atoms with van der Waals surface area (Å²) in [6.45, 7) is 3.96. The summed E-state index contributed by atoms with van der Waals surface area (Å²) in [5, 5.41) is 21.4. The molecule has 0 amide bonds. The zero-order valence-electron chi connectivity index (χ0n) is 12.7. The summed E-state index contributed by atoms with van der Waals surface area (Å²) >= 11 is 0. The quantitative estimate of drug-likeness (QED) is 0.871. The Morgan fingerprint density at radius 2 is 2.05 bits per heavy atom. The summed E-state index contributed by atoms with van der Waals surface area (Å²) in [6, 6.07) is 0.369. The van der Waals surface area contributed by atoms with Crippen LogP contribution in [0.1, 0.15) is 61.1 Å². The molecule has 0 saturated heterocycles. The van der Waals surface area contributed by atoms with Gasteiger partial charge in [-0.15, -0.1) is 5.10 Å². The van der Waals surface area contributed by atoms with Crippen LogP contribution in [0.2, 0.25) is 0 Å². The van der Waals surface area contributed by atoms with Crippen molar-refractivity contribution >= 4 is 11.8 Å². The normalized spacial score (nSPS) is 27.0. The third-order valence-electron chi connectivity index (χ3n) is 5.12. The second-order valence-corrected chi connectivity index (χ2v) is 6.29. The van der Waals surface area contributed by atoms with Gasteiger partial charge < -0.3 is 10.4 Å². The van der Waals surface area contributed by atoms with Crippen molar-refractivity contribution in [3.05, 3.63) is 16.8 Å². The van der Waals surface area contributed by atoms with Crippen molar-refractivity contribution < 1.29 is 9.90 Å². The minimum atomic E-state index is -0.901. The molecular formula is C16H23N3O2. The van der Waals surface area contributed by atoms with Crippen LogP contribution < -0.4 is 5.32 Å². The molecule has 5 nitrogen and oxygen atoms in total.